The SMILES string of the molecule is CCc1c(Cc2ccc(O)c(C(C)(C)C)c2)c(CC)c(Cc2ccc(O)c(C(C)(C)C)c2)c(CC)c1Cc1ccc(O)c(C(C)(C)C)c1. The standard InChI is InChI=1S/C45H60O3/c1-13-31-34(22-28-16-19-40(46)37(25-28)43(4,5)6)32(14-2)36(24-30-18-21-42(48)39(27-30)45(10,11)12)33(15-3)35(31)23-29-17-20-41(47)38(26-29)44(7,8)9/h16-21,25-27,46-48H,13-15,22-24H2,1-12H3. The Hall–Kier alpha value is -3.72. The molecule has 0 fully saturated rings. The number of hydrogen-bond acceptors (Lipinski definition) is 3. The van der Waals surface area contributed by atoms with Crippen molar-refractivity contribution in [3.63, 3.8) is 0 Å². The molecule has 3 heteroatoms. The number of hydrogen-bond donors (Lipinski definition) is 3. The Morgan fingerprint density at radius 1 is 0.375 bits per heavy atom. The maximum atomic E-state index is 10.8. The second-order valence-electron chi connectivity index (χ2n) is 16.8. The Morgan fingerprint density at radius 2 is 0.604 bits per heavy atom. The number of aromatic hydroxyl groups is 3. The molecule has 0 saturated carbocycles. The second kappa shape index (κ2) is 14.0. The van der Waals surface area contributed by atoms with E-state index in [2.05, 4.69) is 119 Å². The molecule has 0 bridgehead atoms. The van der Waals surface area contributed by atoms with Crippen molar-refractivity contribution in [2.24, 2.45) is 0 Å². The van der Waals surface area contributed by atoms with Gasteiger partial charge in [0.2, 0.25) is 0 Å². The molecule has 0 spiro atoms. The van der Waals surface area contributed by atoms with E-state index >= 15 is 0 Å². The number of benzene rings is 4. The molecule has 4 aromatic rings. The fourth-order valence-corrected chi connectivity index (χ4v) is 7.51. The third kappa shape index (κ3) is 7.94. The van der Waals surface area contributed by atoms with Crippen LogP contribution in [0, 0.1) is 0 Å². The van der Waals surface area contributed by atoms with Crippen molar-refractivity contribution >= 4 is 0 Å². The van der Waals surface area contributed by atoms with Gasteiger partial charge in [0.15, 0.2) is 0 Å². The quantitative estimate of drug-likeness (QED) is 0.169. The lowest BCUT2D eigenvalue weighted by molar-refractivity contribution is 0.445. The van der Waals surface area contributed by atoms with E-state index in [0.717, 1.165) is 55.2 Å². The van der Waals surface area contributed by atoms with Gasteiger partial charge in [0.25, 0.3) is 0 Å². The summed E-state index contributed by atoms with van der Waals surface area (Å²) in [6, 6.07) is 18.5. The molecule has 0 saturated heterocycles. The predicted molar refractivity (Wildman–Crippen MR) is 203 cm³/mol. The minimum atomic E-state index is -0.170. The van der Waals surface area contributed by atoms with E-state index in [9.17, 15) is 15.3 Å². The van der Waals surface area contributed by atoms with Crippen molar-refractivity contribution in [2.75, 3.05) is 0 Å². The first kappa shape index (κ1) is 37.1. The molecule has 0 aliphatic carbocycles. The zero-order valence-corrected chi connectivity index (χ0v) is 31.8. The Balaban J connectivity index is 2.02. The summed E-state index contributed by atoms with van der Waals surface area (Å²) in [6.45, 7) is 26.2. The van der Waals surface area contributed by atoms with Crippen LogP contribution in [-0.4, -0.2) is 15.3 Å². The van der Waals surface area contributed by atoms with Crippen LogP contribution in [0.2, 0.25) is 0 Å². The molecular formula is C45H60O3. The van der Waals surface area contributed by atoms with Crippen LogP contribution in [0.4, 0.5) is 0 Å². The van der Waals surface area contributed by atoms with Gasteiger partial charge in [0, 0.05) is 0 Å². The average molecular weight is 649 g/mol. The van der Waals surface area contributed by atoms with Crippen LogP contribution >= 0.6 is 0 Å². The molecule has 0 atom stereocenters. The van der Waals surface area contributed by atoms with Gasteiger partial charge in [-0.2, -0.15) is 0 Å². The van der Waals surface area contributed by atoms with E-state index < -0.39 is 0 Å². The van der Waals surface area contributed by atoms with Crippen molar-refractivity contribution in [3.05, 3.63) is 121 Å². The zero-order chi connectivity index (χ0) is 35.8. The molecule has 0 amide bonds. The number of phenolic OH excluding ortho intramolecular Hbond substituents is 3. The lowest BCUT2D eigenvalue weighted by Crippen LogP contribution is -2.16. The van der Waals surface area contributed by atoms with Gasteiger partial charge >= 0.3 is 0 Å². The molecule has 0 unspecified atom stereocenters. The van der Waals surface area contributed by atoms with E-state index in [1.54, 1.807) is 0 Å². The lowest BCUT2D eigenvalue weighted by Gasteiger charge is -2.28. The topological polar surface area (TPSA) is 60.7 Å². The molecule has 0 aromatic heterocycles. The van der Waals surface area contributed by atoms with Gasteiger partial charge in [-0.1, -0.05) is 119 Å². The summed E-state index contributed by atoms with van der Waals surface area (Å²) in [4.78, 5) is 0. The number of rotatable bonds is 9. The monoisotopic (exact) mass is 648 g/mol. The van der Waals surface area contributed by atoms with Gasteiger partial charge in [0.1, 0.15) is 17.2 Å². The van der Waals surface area contributed by atoms with Gasteiger partial charge in [-0.3, -0.25) is 0 Å². The highest BCUT2D eigenvalue weighted by molar-refractivity contribution is 5.58. The van der Waals surface area contributed by atoms with Crippen molar-refractivity contribution in [2.45, 2.75) is 138 Å². The zero-order valence-electron chi connectivity index (χ0n) is 31.8. The molecule has 4 rings (SSSR count). The summed E-state index contributed by atoms with van der Waals surface area (Å²) in [5.74, 6) is 1.05. The first-order valence-corrected chi connectivity index (χ1v) is 17.9. The predicted octanol–water partition coefficient (Wildman–Crippen LogP) is 11.2. The highest BCUT2D eigenvalue weighted by atomic mass is 16.3. The van der Waals surface area contributed by atoms with Gasteiger partial charge in [-0.25, -0.2) is 0 Å². The Bertz CT molecular complexity index is 1540. The molecule has 258 valence electrons. The summed E-state index contributed by atoms with van der Waals surface area (Å²) < 4.78 is 0. The molecule has 48 heavy (non-hydrogen) atoms. The third-order valence-corrected chi connectivity index (χ3v) is 10.00. The van der Waals surface area contributed by atoms with Crippen LogP contribution in [0.15, 0.2) is 54.6 Å². The Morgan fingerprint density at radius 3 is 0.792 bits per heavy atom. The van der Waals surface area contributed by atoms with Crippen LogP contribution in [0.3, 0.4) is 0 Å². The van der Waals surface area contributed by atoms with Crippen LogP contribution in [0.1, 0.15) is 150 Å². The minimum Gasteiger partial charge on any atom is -0.508 e. The van der Waals surface area contributed by atoms with E-state index in [1.165, 1.54) is 50.1 Å². The highest BCUT2D eigenvalue weighted by Crippen LogP contribution is 2.39. The summed E-state index contributed by atoms with van der Waals surface area (Å²) in [5.41, 5.74) is 14.5. The largest absolute Gasteiger partial charge is 0.508 e. The lowest BCUT2D eigenvalue weighted by atomic mass is 9.77. The van der Waals surface area contributed by atoms with Crippen LogP contribution in [0.25, 0.3) is 0 Å². The van der Waals surface area contributed by atoms with Gasteiger partial charge in [-0.05, 0) is 140 Å². The maximum Gasteiger partial charge on any atom is 0.119 e. The van der Waals surface area contributed by atoms with Gasteiger partial charge in [0.05, 0.1) is 0 Å². The van der Waals surface area contributed by atoms with Gasteiger partial charge < -0.3 is 15.3 Å². The third-order valence-electron chi connectivity index (χ3n) is 10.00. The second-order valence-corrected chi connectivity index (χ2v) is 16.8. The van der Waals surface area contributed by atoms with Crippen molar-refractivity contribution in [1.29, 1.82) is 0 Å². The van der Waals surface area contributed by atoms with E-state index in [-0.39, 0.29) is 16.2 Å². The first-order chi connectivity index (χ1) is 22.3. The van der Waals surface area contributed by atoms with Crippen molar-refractivity contribution < 1.29 is 15.3 Å². The first-order valence-electron chi connectivity index (χ1n) is 17.9. The number of phenols is 3. The average Bonchev–Trinajstić information content (AvgIpc) is 2.98. The normalized spacial score (nSPS) is 12.5. The van der Waals surface area contributed by atoms with Crippen LogP contribution in [0.5, 0.6) is 17.2 Å². The fourth-order valence-electron chi connectivity index (χ4n) is 7.51. The van der Waals surface area contributed by atoms with E-state index in [0.29, 0.717) is 17.2 Å². The highest BCUT2D eigenvalue weighted by Gasteiger charge is 2.26. The maximum absolute atomic E-state index is 10.8. The molecule has 3 N–H and O–H groups in total. The Kier molecular flexibility index (Phi) is 10.8. The molecule has 0 aliphatic heterocycles. The van der Waals surface area contributed by atoms with Crippen LogP contribution < -0.4 is 0 Å². The minimum absolute atomic E-state index is 0.170. The molecule has 0 aliphatic rings. The molecule has 0 radical (unpaired) electrons. The summed E-state index contributed by atoms with van der Waals surface area (Å²) >= 11 is 0. The van der Waals surface area contributed by atoms with Gasteiger partial charge in [-0.15, -0.1) is 0 Å². The van der Waals surface area contributed by atoms with Crippen LogP contribution in [-0.2, 0) is 54.8 Å². The summed E-state index contributed by atoms with van der Waals surface area (Å²) in [6.07, 6.45) is 5.16. The summed E-state index contributed by atoms with van der Waals surface area (Å²) in [5, 5.41) is 32.4. The summed E-state index contributed by atoms with van der Waals surface area (Å²) in [7, 11) is 0. The van der Waals surface area contributed by atoms with Crippen molar-refractivity contribution in [3.8, 4) is 17.2 Å². The molecule has 4 aromatic carbocycles. The van der Waals surface area contributed by atoms with E-state index in [4.69, 9.17) is 0 Å². The Labute approximate surface area is 291 Å². The van der Waals surface area contributed by atoms with Crippen molar-refractivity contribution in [1.82, 2.24) is 0 Å². The molecule has 0 heterocycles. The fraction of sp³-hybridized carbons (Fsp3) is 0.467. The molecular weight excluding hydrogens is 588 g/mol. The smallest absolute Gasteiger partial charge is 0.119 e. The van der Waals surface area contributed by atoms with E-state index in [1.807, 2.05) is 18.2 Å². The molecule has 3 nitrogen and oxygen atoms in total.